The van der Waals surface area contributed by atoms with Gasteiger partial charge in [-0.25, -0.2) is 0 Å². The lowest BCUT2D eigenvalue weighted by Gasteiger charge is -2.33. The van der Waals surface area contributed by atoms with Crippen molar-refractivity contribution in [2.75, 3.05) is 22.2 Å². The average Bonchev–Trinajstić information content (AvgIpc) is 3.30. The third kappa shape index (κ3) is 3.58. The van der Waals surface area contributed by atoms with Gasteiger partial charge in [0.05, 0.1) is 24.6 Å². The Morgan fingerprint density at radius 2 is 1.73 bits per heavy atom. The first-order valence-electron chi connectivity index (χ1n) is 10.9. The maximum atomic E-state index is 14.1. The Labute approximate surface area is 202 Å². The second-order valence-corrected chi connectivity index (χ2v) is 9.58. The molecule has 2 heterocycles. The fourth-order valence-electron chi connectivity index (χ4n) is 4.42. The summed E-state index contributed by atoms with van der Waals surface area (Å²) < 4.78 is 5.69. The Kier molecular flexibility index (Phi) is 5.81. The van der Waals surface area contributed by atoms with Gasteiger partial charge in [-0.15, -0.1) is 11.8 Å². The maximum Gasteiger partial charge on any atom is 0.269 e. The van der Waals surface area contributed by atoms with Crippen LogP contribution in [0.3, 0.4) is 0 Å². The van der Waals surface area contributed by atoms with Gasteiger partial charge in [0, 0.05) is 16.3 Å². The quantitative estimate of drug-likeness (QED) is 0.462. The van der Waals surface area contributed by atoms with Crippen molar-refractivity contribution in [2.45, 2.75) is 24.8 Å². The normalized spacial score (nSPS) is 19.5. The summed E-state index contributed by atoms with van der Waals surface area (Å²) in [5.74, 6) is 0.747. The van der Waals surface area contributed by atoms with Crippen molar-refractivity contribution in [3.8, 4) is 5.75 Å². The number of hydrogen-bond donors (Lipinski definition) is 0. The summed E-state index contributed by atoms with van der Waals surface area (Å²) in [6.07, 6.45) is 0.915. The molecule has 2 aliphatic rings. The lowest BCUT2D eigenvalue weighted by molar-refractivity contribution is -0.123. The van der Waals surface area contributed by atoms with Crippen LogP contribution in [0.5, 0.6) is 5.75 Å². The van der Waals surface area contributed by atoms with E-state index in [9.17, 15) is 9.59 Å². The minimum Gasteiger partial charge on any atom is -0.494 e. The van der Waals surface area contributed by atoms with Gasteiger partial charge in [-0.3, -0.25) is 14.5 Å². The summed E-state index contributed by atoms with van der Waals surface area (Å²) in [4.78, 5) is 29.5. The minimum absolute atomic E-state index is 0.0926. The van der Waals surface area contributed by atoms with Crippen molar-refractivity contribution in [3.05, 3.63) is 88.9 Å². The molecule has 0 N–H and O–H groups in total. The predicted octanol–water partition coefficient (Wildman–Crippen LogP) is 5.61. The Balaban J connectivity index is 1.57. The lowest BCUT2D eigenvalue weighted by Crippen LogP contribution is -2.49. The zero-order chi connectivity index (χ0) is 23.0. The van der Waals surface area contributed by atoms with E-state index in [1.165, 1.54) is 11.8 Å². The number of ether oxygens (including phenoxy) is 1. The topological polar surface area (TPSA) is 49.9 Å². The third-order valence-corrected chi connectivity index (χ3v) is 7.67. The third-order valence-electron chi connectivity index (χ3n) is 5.92. The van der Waals surface area contributed by atoms with Crippen molar-refractivity contribution in [2.24, 2.45) is 0 Å². The first kappa shape index (κ1) is 21.9. The van der Waals surface area contributed by atoms with Crippen LogP contribution in [-0.2, 0) is 21.0 Å². The molecule has 1 fully saturated rings. The highest BCUT2D eigenvalue weighted by molar-refractivity contribution is 8.02. The Hall–Kier alpha value is -2.96. The van der Waals surface area contributed by atoms with E-state index in [4.69, 9.17) is 16.3 Å². The molecular weight excluding hydrogens is 456 g/mol. The Morgan fingerprint density at radius 1 is 1.00 bits per heavy atom. The van der Waals surface area contributed by atoms with Crippen LogP contribution < -0.4 is 14.5 Å². The van der Waals surface area contributed by atoms with Crippen LogP contribution in [0.25, 0.3) is 0 Å². The molecule has 3 aromatic carbocycles. The number of rotatable bonds is 6. The number of benzene rings is 3. The maximum absolute atomic E-state index is 14.1. The SMILES string of the molecule is CCCOc1ccc(N2C(=O)CSC23C(=O)N(Cc2ccccc2Cl)c2ccccc23)cc1. The molecule has 1 atom stereocenters. The minimum atomic E-state index is -1.14. The number of para-hydroxylation sites is 1. The van der Waals surface area contributed by atoms with Crippen LogP contribution >= 0.6 is 23.4 Å². The molecule has 5 rings (SSSR count). The van der Waals surface area contributed by atoms with Gasteiger partial charge in [0.25, 0.3) is 5.91 Å². The summed E-state index contributed by atoms with van der Waals surface area (Å²) in [6, 6.07) is 22.6. The molecule has 0 aromatic heterocycles. The zero-order valence-electron chi connectivity index (χ0n) is 18.2. The standard InChI is InChI=1S/C26H23ClN2O3S/c1-2-15-32-20-13-11-19(12-14-20)29-24(30)17-33-26(29)21-8-4-6-10-23(21)28(25(26)31)16-18-7-3-5-9-22(18)27/h3-14H,2,15-17H2,1H3. The molecule has 0 saturated carbocycles. The summed E-state index contributed by atoms with van der Waals surface area (Å²) >= 11 is 7.78. The second kappa shape index (κ2) is 8.76. The first-order chi connectivity index (χ1) is 16.1. The van der Waals surface area contributed by atoms with Gasteiger partial charge in [0.1, 0.15) is 5.75 Å². The number of thioether (sulfide) groups is 1. The van der Waals surface area contributed by atoms with Crippen molar-refractivity contribution in [1.29, 1.82) is 0 Å². The molecule has 0 bridgehead atoms. The summed E-state index contributed by atoms with van der Waals surface area (Å²) in [5, 5.41) is 0.610. The van der Waals surface area contributed by atoms with E-state index in [1.807, 2.05) is 72.8 Å². The number of amides is 2. The Bertz CT molecular complexity index is 1220. The van der Waals surface area contributed by atoms with E-state index >= 15 is 0 Å². The highest BCUT2D eigenvalue weighted by atomic mass is 35.5. The highest BCUT2D eigenvalue weighted by Crippen LogP contribution is 2.56. The summed E-state index contributed by atoms with van der Waals surface area (Å²) in [7, 11) is 0. The molecule has 168 valence electrons. The van der Waals surface area contributed by atoms with Crippen LogP contribution in [0.2, 0.25) is 5.02 Å². The first-order valence-corrected chi connectivity index (χ1v) is 12.3. The fourth-order valence-corrected chi connectivity index (χ4v) is 5.98. The van der Waals surface area contributed by atoms with Gasteiger partial charge in [-0.1, -0.05) is 54.9 Å². The predicted molar refractivity (Wildman–Crippen MR) is 133 cm³/mol. The molecule has 7 heteroatoms. The zero-order valence-corrected chi connectivity index (χ0v) is 19.7. The number of fused-ring (bicyclic) bond motifs is 2. The number of halogens is 1. The van der Waals surface area contributed by atoms with Crippen LogP contribution in [-0.4, -0.2) is 24.2 Å². The van der Waals surface area contributed by atoms with Crippen LogP contribution in [0.1, 0.15) is 24.5 Å². The van der Waals surface area contributed by atoms with Gasteiger partial charge >= 0.3 is 0 Å². The molecule has 1 saturated heterocycles. The van der Waals surface area contributed by atoms with Gasteiger partial charge < -0.3 is 9.64 Å². The van der Waals surface area contributed by atoms with Crippen molar-refractivity contribution < 1.29 is 14.3 Å². The number of carbonyl (C=O) groups excluding carboxylic acids is 2. The van der Waals surface area contributed by atoms with Gasteiger partial charge in [0.2, 0.25) is 10.8 Å². The van der Waals surface area contributed by atoms with Crippen molar-refractivity contribution >= 4 is 46.6 Å². The lowest BCUT2D eigenvalue weighted by atomic mass is 10.0. The van der Waals surface area contributed by atoms with E-state index in [2.05, 4.69) is 6.92 Å². The Morgan fingerprint density at radius 3 is 2.48 bits per heavy atom. The highest BCUT2D eigenvalue weighted by Gasteiger charge is 2.60. The molecule has 2 amide bonds. The number of anilines is 2. The van der Waals surface area contributed by atoms with E-state index < -0.39 is 4.87 Å². The van der Waals surface area contributed by atoms with Crippen LogP contribution in [0.4, 0.5) is 11.4 Å². The van der Waals surface area contributed by atoms with Gasteiger partial charge in [0.15, 0.2) is 0 Å². The van der Waals surface area contributed by atoms with Crippen molar-refractivity contribution in [3.63, 3.8) is 0 Å². The molecule has 2 aliphatic heterocycles. The molecule has 0 aliphatic carbocycles. The van der Waals surface area contributed by atoms with E-state index in [-0.39, 0.29) is 17.6 Å². The molecule has 5 nitrogen and oxygen atoms in total. The molecule has 1 unspecified atom stereocenters. The van der Waals surface area contributed by atoms with Gasteiger partial charge in [-0.2, -0.15) is 0 Å². The summed E-state index contributed by atoms with van der Waals surface area (Å²) in [6.45, 7) is 3.02. The number of nitrogens with zero attached hydrogens (tertiary/aromatic N) is 2. The van der Waals surface area contributed by atoms with E-state index in [1.54, 1.807) is 9.80 Å². The molecule has 33 heavy (non-hydrogen) atoms. The molecular formula is C26H23ClN2O3S. The molecule has 0 radical (unpaired) electrons. The molecule has 3 aromatic rings. The fraction of sp³-hybridized carbons (Fsp3) is 0.231. The average molecular weight is 479 g/mol. The monoisotopic (exact) mass is 478 g/mol. The van der Waals surface area contributed by atoms with Crippen molar-refractivity contribution in [1.82, 2.24) is 0 Å². The number of hydrogen-bond acceptors (Lipinski definition) is 4. The number of carbonyl (C=O) groups is 2. The van der Waals surface area contributed by atoms with Gasteiger partial charge in [-0.05, 0) is 48.4 Å². The van der Waals surface area contributed by atoms with E-state index in [0.29, 0.717) is 23.9 Å². The van der Waals surface area contributed by atoms with Crippen LogP contribution in [0.15, 0.2) is 72.8 Å². The molecule has 1 spiro atoms. The second-order valence-electron chi connectivity index (χ2n) is 8.00. The van der Waals surface area contributed by atoms with E-state index in [0.717, 1.165) is 29.0 Å². The largest absolute Gasteiger partial charge is 0.494 e. The summed E-state index contributed by atoms with van der Waals surface area (Å²) in [5.41, 5.74) is 3.16. The smallest absolute Gasteiger partial charge is 0.269 e. The van der Waals surface area contributed by atoms with Crippen LogP contribution in [0, 0.1) is 0 Å².